The monoisotopic (exact) mass is 371 g/mol. The number of H-pyrrole nitrogens is 1. The van der Waals surface area contributed by atoms with Crippen molar-refractivity contribution < 1.29 is 8.91 Å². The van der Waals surface area contributed by atoms with Gasteiger partial charge in [0.25, 0.3) is 11.4 Å². The Morgan fingerprint density at radius 2 is 2.11 bits per heavy atom. The summed E-state index contributed by atoms with van der Waals surface area (Å²) >= 11 is 0. The van der Waals surface area contributed by atoms with Crippen LogP contribution in [0.15, 0.2) is 38.5 Å². The summed E-state index contributed by atoms with van der Waals surface area (Å²) in [5.41, 5.74) is 0.196. The fourth-order valence-corrected chi connectivity index (χ4v) is 2.89. The largest absolute Gasteiger partial charge is 0.334 e. The van der Waals surface area contributed by atoms with Gasteiger partial charge in [-0.25, -0.2) is 9.18 Å². The number of halogens is 1. The molecular weight excluding hydrogens is 353 g/mol. The molecule has 0 bridgehead atoms. The maximum Gasteiger partial charge on any atom is 0.328 e. The number of hydrogen-bond acceptors (Lipinski definition) is 6. The second kappa shape index (κ2) is 6.58. The Bertz CT molecular complexity index is 1110. The highest BCUT2D eigenvalue weighted by Gasteiger charge is 2.26. The molecule has 1 aliphatic carbocycles. The second-order valence-electron chi connectivity index (χ2n) is 6.91. The molecule has 0 saturated heterocycles. The Hall–Kier alpha value is -3.07. The van der Waals surface area contributed by atoms with Crippen molar-refractivity contribution in [2.75, 3.05) is 14.1 Å². The van der Waals surface area contributed by atoms with E-state index < -0.39 is 11.2 Å². The normalized spacial score (nSPS) is 14.1. The Kier molecular flexibility index (Phi) is 4.23. The number of aromatic nitrogens is 4. The predicted molar refractivity (Wildman–Crippen MR) is 95.7 cm³/mol. The van der Waals surface area contributed by atoms with Crippen LogP contribution in [0.2, 0.25) is 0 Å². The molecule has 1 fully saturated rings. The second-order valence-corrected chi connectivity index (χ2v) is 6.91. The van der Waals surface area contributed by atoms with Crippen LogP contribution < -0.4 is 11.2 Å². The molecule has 2 heterocycles. The van der Waals surface area contributed by atoms with E-state index in [9.17, 15) is 14.0 Å². The Morgan fingerprint density at radius 3 is 2.81 bits per heavy atom. The molecule has 9 heteroatoms. The molecule has 1 aromatic carbocycles. The van der Waals surface area contributed by atoms with Crippen molar-refractivity contribution in [3.8, 4) is 22.8 Å². The summed E-state index contributed by atoms with van der Waals surface area (Å²) in [6.07, 6.45) is 3.26. The summed E-state index contributed by atoms with van der Waals surface area (Å²) in [4.78, 5) is 32.5. The molecule has 0 amide bonds. The van der Waals surface area contributed by atoms with E-state index in [1.165, 1.54) is 16.8 Å². The van der Waals surface area contributed by atoms with Gasteiger partial charge < -0.3 is 9.42 Å². The molecular formula is C18H18FN5O3. The van der Waals surface area contributed by atoms with Crippen molar-refractivity contribution in [3.63, 3.8) is 0 Å². The molecule has 4 rings (SSSR count). The van der Waals surface area contributed by atoms with Crippen LogP contribution in [0, 0.1) is 5.82 Å². The van der Waals surface area contributed by atoms with Gasteiger partial charge in [0.05, 0.1) is 0 Å². The summed E-state index contributed by atoms with van der Waals surface area (Å²) in [6, 6.07) is 4.63. The van der Waals surface area contributed by atoms with Crippen LogP contribution in [0.4, 0.5) is 4.39 Å². The van der Waals surface area contributed by atoms with E-state index in [0.29, 0.717) is 17.7 Å². The average molecular weight is 371 g/mol. The third-order valence-corrected chi connectivity index (χ3v) is 4.35. The summed E-state index contributed by atoms with van der Waals surface area (Å²) in [5.74, 6) is -0.0622. The molecule has 1 saturated carbocycles. The standard InChI is InChI=1S/C18H18FN5O3/c1-23(2)8-11-7-10(3-6-14(11)19)17-20-15(22-27-17)13-9-24(12-4-5-12)18(26)21-16(13)25/h3,6-7,9,12H,4-5,8H2,1-2H3,(H,21,25,26). The molecule has 3 aromatic rings. The molecule has 0 atom stereocenters. The zero-order chi connectivity index (χ0) is 19.1. The lowest BCUT2D eigenvalue weighted by atomic mass is 10.1. The van der Waals surface area contributed by atoms with Crippen LogP contribution in [0.5, 0.6) is 0 Å². The van der Waals surface area contributed by atoms with Gasteiger partial charge in [0.2, 0.25) is 5.82 Å². The lowest BCUT2D eigenvalue weighted by molar-refractivity contribution is 0.392. The number of nitrogens with one attached hydrogen (secondary N) is 1. The Balaban J connectivity index is 1.71. The van der Waals surface area contributed by atoms with Gasteiger partial charge in [0.1, 0.15) is 11.4 Å². The van der Waals surface area contributed by atoms with E-state index in [0.717, 1.165) is 12.8 Å². The van der Waals surface area contributed by atoms with E-state index in [2.05, 4.69) is 15.1 Å². The highest BCUT2D eigenvalue weighted by molar-refractivity contribution is 5.59. The summed E-state index contributed by atoms with van der Waals surface area (Å²) in [5, 5.41) is 3.86. The number of nitrogens with zero attached hydrogens (tertiary/aromatic N) is 4. The third-order valence-electron chi connectivity index (χ3n) is 4.35. The van der Waals surface area contributed by atoms with Gasteiger partial charge in [-0.2, -0.15) is 4.98 Å². The average Bonchev–Trinajstić information content (AvgIpc) is 3.33. The van der Waals surface area contributed by atoms with Crippen LogP contribution in [0.25, 0.3) is 22.8 Å². The molecule has 140 valence electrons. The first-order valence-electron chi connectivity index (χ1n) is 8.55. The van der Waals surface area contributed by atoms with Crippen LogP contribution in [-0.2, 0) is 6.54 Å². The molecule has 0 unspecified atom stereocenters. The fourth-order valence-electron chi connectivity index (χ4n) is 2.89. The van der Waals surface area contributed by atoms with E-state index in [-0.39, 0.29) is 29.1 Å². The number of rotatable bonds is 5. The maximum absolute atomic E-state index is 14.0. The minimum atomic E-state index is -0.573. The van der Waals surface area contributed by atoms with E-state index in [1.807, 2.05) is 19.0 Å². The highest BCUT2D eigenvalue weighted by atomic mass is 19.1. The first-order valence-corrected chi connectivity index (χ1v) is 8.55. The van der Waals surface area contributed by atoms with Gasteiger partial charge in [0.15, 0.2) is 0 Å². The van der Waals surface area contributed by atoms with Gasteiger partial charge >= 0.3 is 5.69 Å². The summed E-state index contributed by atoms with van der Waals surface area (Å²) < 4.78 is 20.7. The van der Waals surface area contributed by atoms with E-state index >= 15 is 0 Å². The SMILES string of the molecule is CN(C)Cc1cc(-c2nc(-c3cn(C4CC4)c(=O)[nH]c3=O)no2)ccc1F. The Morgan fingerprint density at radius 1 is 1.33 bits per heavy atom. The zero-order valence-electron chi connectivity index (χ0n) is 14.9. The van der Waals surface area contributed by atoms with Gasteiger partial charge in [-0.15, -0.1) is 0 Å². The number of hydrogen-bond donors (Lipinski definition) is 1. The van der Waals surface area contributed by atoms with Crippen LogP contribution in [0.1, 0.15) is 24.4 Å². The van der Waals surface area contributed by atoms with Crippen molar-refractivity contribution in [1.29, 1.82) is 0 Å². The van der Waals surface area contributed by atoms with Crippen LogP contribution in [-0.4, -0.2) is 38.7 Å². The molecule has 0 spiro atoms. The number of aromatic amines is 1. The minimum Gasteiger partial charge on any atom is -0.334 e. The highest BCUT2D eigenvalue weighted by Crippen LogP contribution is 2.33. The van der Waals surface area contributed by atoms with Gasteiger partial charge in [0, 0.05) is 29.9 Å². The topological polar surface area (TPSA) is 97.0 Å². The Labute approximate surface area is 153 Å². The molecule has 2 aromatic heterocycles. The third kappa shape index (κ3) is 3.45. The van der Waals surface area contributed by atoms with E-state index in [1.54, 1.807) is 12.1 Å². The van der Waals surface area contributed by atoms with Gasteiger partial charge in [-0.1, -0.05) is 5.16 Å². The molecule has 1 N–H and O–H groups in total. The number of benzene rings is 1. The van der Waals surface area contributed by atoms with Crippen LogP contribution in [0.3, 0.4) is 0 Å². The molecule has 27 heavy (non-hydrogen) atoms. The lowest BCUT2D eigenvalue weighted by Crippen LogP contribution is -2.30. The molecule has 0 aliphatic heterocycles. The smallest absolute Gasteiger partial charge is 0.328 e. The first-order chi connectivity index (χ1) is 12.9. The van der Waals surface area contributed by atoms with Crippen molar-refractivity contribution in [1.82, 2.24) is 24.6 Å². The van der Waals surface area contributed by atoms with Crippen molar-refractivity contribution >= 4 is 0 Å². The van der Waals surface area contributed by atoms with Gasteiger partial charge in [-0.05, 0) is 45.1 Å². The quantitative estimate of drug-likeness (QED) is 0.734. The zero-order valence-corrected chi connectivity index (χ0v) is 14.9. The lowest BCUT2D eigenvalue weighted by Gasteiger charge is -2.10. The van der Waals surface area contributed by atoms with Crippen molar-refractivity contribution in [2.45, 2.75) is 25.4 Å². The predicted octanol–water partition coefficient (Wildman–Crippen LogP) is 1.79. The van der Waals surface area contributed by atoms with Crippen molar-refractivity contribution in [2.24, 2.45) is 0 Å². The van der Waals surface area contributed by atoms with Crippen LogP contribution >= 0.6 is 0 Å². The van der Waals surface area contributed by atoms with Crippen molar-refractivity contribution in [3.05, 3.63) is 56.6 Å². The van der Waals surface area contributed by atoms with E-state index in [4.69, 9.17) is 4.52 Å². The maximum atomic E-state index is 14.0. The molecule has 1 aliphatic rings. The first kappa shape index (κ1) is 17.3. The molecule has 8 nitrogen and oxygen atoms in total. The van der Waals surface area contributed by atoms with Gasteiger partial charge in [-0.3, -0.25) is 14.3 Å². The fraction of sp³-hybridized carbons (Fsp3) is 0.333. The summed E-state index contributed by atoms with van der Waals surface area (Å²) in [7, 11) is 3.69. The molecule has 0 radical (unpaired) electrons. The minimum absolute atomic E-state index is 0.0825. The summed E-state index contributed by atoms with van der Waals surface area (Å²) in [6.45, 7) is 0.423.